The molecule has 19 heavy (non-hydrogen) atoms. The smallest absolute Gasteiger partial charge is 0.337 e. The third-order valence-electron chi connectivity index (χ3n) is 3.88. The molecule has 1 saturated heterocycles. The van der Waals surface area contributed by atoms with Crippen LogP contribution in [0.2, 0.25) is 0 Å². The molecule has 0 aromatic rings. The largest absolute Gasteiger partial charge is 0.466 e. The van der Waals surface area contributed by atoms with Gasteiger partial charge in [-0.05, 0) is 26.7 Å². The average Bonchev–Trinajstić information content (AvgIpc) is 2.86. The van der Waals surface area contributed by atoms with Crippen LogP contribution >= 0.6 is 0 Å². The zero-order chi connectivity index (χ0) is 14.4. The molecule has 2 atom stereocenters. The summed E-state index contributed by atoms with van der Waals surface area (Å²) in [5.41, 5.74) is -2.25. The molecule has 2 rings (SSSR count). The summed E-state index contributed by atoms with van der Waals surface area (Å²) in [6.45, 7) is 3.02. The molecule has 6 heteroatoms. The van der Waals surface area contributed by atoms with Gasteiger partial charge in [-0.15, -0.1) is 0 Å². The lowest BCUT2D eigenvalue weighted by molar-refractivity contribution is -0.146. The topological polar surface area (TPSA) is 78.9 Å². The third kappa shape index (κ3) is 1.63. The average molecular weight is 268 g/mol. The van der Waals surface area contributed by atoms with Gasteiger partial charge in [0.1, 0.15) is 5.60 Å². The van der Waals surface area contributed by atoms with E-state index in [2.05, 4.69) is 0 Å². The van der Waals surface area contributed by atoms with Gasteiger partial charge in [0.15, 0.2) is 11.4 Å². The normalized spacial score (nSPS) is 32.4. The molecule has 2 heterocycles. The first-order chi connectivity index (χ1) is 8.82. The second-order valence-corrected chi connectivity index (χ2v) is 4.95. The molecular formula is C13H16O6. The van der Waals surface area contributed by atoms with Crippen LogP contribution < -0.4 is 0 Å². The minimum absolute atomic E-state index is 0.0110. The van der Waals surface area contributed by atoms with Gasteiger partial charge in [-0.25, -0.2) is 9.59 Å². The SMILES string of the molecule is COC(=O)C1=C(C(=O)OC)[C@@]2(C)CC[C@]1(C(C)=O)O2. The van der Waals surface area contributed by atoms with Crippen molar-refractivity contribution in [2.75, 3.05) is 14.2 Å². The fraction of sp³-hybridized carbons (Fsp3) is 0.615. The van der Waals surface area contributed by atoms with E-state index >= 15 is 0 Å². The van der Waals surface area contributed by atoms with Crippen LogP contribution in [0.15, 0.2) is 11.1 Å². The van der Waals surface area contributed by atoms with E-state index in [1.807, 2.05) is 0 Å². The van der Waals surface area contributed by atoms with Crippen LogP contribution in [0, 0.1) is 0 Å². The molecule has 0 aromatic carbocycles. The van der Waals surface area contributed by atoms with Crippen molar-refractivity contribution in [2.24, 2.45) is 0 Å². The summed E-state index contributed by atoms with van der Waals surface area (Å²) in [7, 11) is 2.42. The zero-order valence-corrected chi connectivity index (χ0v) is 11.4. The van der Waals surface area contributed by atoms with Gasteiger partial charge < -0.3 is 14.2 Å². The van der Waals surface area contributed by atoms with E-state index in [0.29, 0.717) is 12.8 Å². The maximum absolute atomic E-state index is 12.0. The monoisotopic (exact) mass is 268 g/mol. The number of hydrogen-bond acceptors (Lipinski definition) is 6. The summed E-state index contributed by atoms with van der Waals surface area (Å²) in [6, 6.07) is 0. The molecule has 2 aliphatic rings. The van der Waals surface area contributed by atoms with E-state index in [9.17, 15) is 14.4 Å². The molecule has 6 nitrogen and oxygen atoms in total. The molecule has 0 aliphatic carbocycles. The molecule has 2 aliphatic heterocycles. The molecule has 0 spiro atoms. The maximum atomic E-state index is 12.0. The summed E-state index contributed by atoms with van der Waals surface area (Å²) in [6.07, 6.45) is 0.848. The Morgan fingerprint density at radius 2 is 1.58 bits per heavy atom. The molecule has 1 fully saturated rings. The Morgan fingerprint density at radius 1 is 1.05 bits per heavy atom. The fourth-order valence-corrected chi connectivity index (χ4v) is 2.93. The lowest BCUT2D eigenvalue weighted by Crippen LogP contribution is -2.40. The highest BCUT2D eigenvalue weighted by Gasteiger charge is 2.65. The van der Waals surface area contributed by atoms with Gasteiger partial charge in [-0.2, -0.15) is 0 Å². The van der Waals surface area contributed by atoms with E-state index in [4.69, 9.17) is 14.2 Å². The molecule has 0 radical (unpaired) electrons. The summed E-state index contributed by atoms with van der Waals surface area (Å²) < 4.78 is 15.2. The number of methoxy groups -OCH3 is 2. The zero-order valence-electron chi connectivity index (χ0n) is 11.4. The number of Topliss-reactive ketones (excluding diaryl/α,β-unsaturated/α-hetero) is 1. The van der Waals surface area contributed by atoms with Gasteiger partial charge in [0.25, 0.3) is 0 Å². The highest BCUT2D eigenvalue weighted by Crippen LogP contribution is 2.55. The van der Waals surface area contributed by atoms with Crippen molar-refractivity contribution < 1.29 is 28.6 Å². The Hall–Kier alpha value is -1.69. The molecule has 0 saturated carbocycles. The Morgan fingerprint density at radius 3 is 2.05 bits per heavy atom. The number of esters is 2. The van der Waals surface area contributed by atoms with Crippen LogP contribution in [-0.2, 0) is 28.6 Å². The van der Waals surface area contributed by atoms with Gasteiger partial charge in [0, 0.05) is 0 Å². The van der Waals surface area contributed by atoms with Crippen LogP contribution in [0.1, 0.15) is 26.7 Å². The predicted octanol–water partition coefficient (Wildman–Crippen LogP) is 0.539. The van der Waals surface area contributed by atoms with E-state index in [1.54, 1.807) is 6.92 Å². The molecule has 0 amide bonds. The van der Waals surface area contributed by atoms with Crippen molar-refractivity contribution in [1.29, 1.82) is 0 Å². The number of ketones is 1. The first kappa shape index (κ1) is 13.7. The Balaban J connectivity index is 2.69. The lowest BCUT2D eigenvalue weighted by atomic mass is 9.75. The summed E-state index contributed by atoms with van der Waals surface area (Å²) in [5, 5.41) is 0. The van der Waals surface area contributed by atoms with Crippen molar-refractivity contribution in [3.05, 3.63) is 11.1 Å². The Bertz CT molecular complexity index is 505. The molecule has 104 valence electrons. The fourth-order valence-electron chi connectivity index (χ4n) is 2.93. The van der Waals surface area contributed by atoms with Crippen LogP contribution in [0.25, 0.3) is 0 Å². The quantitative estimate of drug-likeness (QED) is 0.695. The number of carbonyl (C=O) groups is 3. The highest BCUT2D eigenvalue weighted by molar-refractivity contribution is 6.11. The summed E-state index contributed by atoms with van der Waals surface area (Å²) >= 11 is 0. The number of rotatable bonds is 3. The van der Waals surface area contributed by atoms with Gasteiger partial charge in [0.05, 0.1) is 25.4 Å². The van der Waals surface area contributed by atoms with E-state index in [1.165, 1.54) is 21.1 Å². The second kappa shape index (κ2) is 4.16. The van der Waals surface area contributed by atoms with Crippen LogP contribution in [0.3, 0.4) is 0 Å². The van der Waals surface area contributed by atoms with Gasteiger partial charge in [-0.3, -0.25) is 4.79 Å². The van der Waals surface area contributed by atoms with Crippen LogP contribution in [0.5, 0.6) is 0 Å². The van der Waals surface area contributed by atoms with Crippen LogP contribution in [0.4, 0.5) is 0 Å². The lowest BCUT2D eigenvalue weighted by Gasteiger charge is -2.24. The van der Waals surface area contributed by atoms with Crippen LogP contribution in [-0.4, -0.2) is 43.1 Å². The first-order valence-corrected chi connectivity index (χ1v) is 5.95. The van der Waals surface area contributed by atoms with E-state index < -0.39 is 23.1 Å². The van der Waals surface area contributed by atoms with Crippen molar-refractivity contribution in [3.63, 3.8) is 0 Å². The standard InChI is InChI=1S/C13H16O6/c1-7(14)13-6-5-12(2,19-13)8(10(15)17-3)9(13)11(16)18-4/h5-6H2,1-4H3/t12-,13-/m1/s1. The van der Waals surface area contributed by atoms with Crippen molar-refractivity contribution in [2.45, 2.75) is 37.9 Å². The summed E-state index contributed by atoms with van der Waals surface area (Å²) in [5.74, 6) is -1.69. The van der Waals surface area contributed by atoms with Gasteiger partial charge in [0.2, 0.25) is 0 Å². The number of fused-ring (bicyclic) bond motifs is 2. The second-order valence-electron chi connectivity index (χ2n) is 4.95. The number of ether oxygens (including phenoxy) is 3. The minimum Gasteiger partial charge on any atom is -0.466 e. The Labute approximate surface area is 110 Å². The molecule has 0 N–H and O–H groups in total. The number of carbonyl (C=O) groups excluding carboxylic acids is 3. The third-order valence-corrected chi connectivity index (χ3v) is 3.88. The molecule has 0 unspecified atom stereocenters. The first-order valence-electron chi connectivity index (χ1n) is 5.95. The molecule has 0 aromatic heterocycles. The predicted molar refractivity (Wildman–Crippen MR) is 63.2 cm³/mol. The number of hydrogen-bond donors (Lipinski definition) is 0. The van der Waals surface area contributed by atoms with Crippen molar-refractivity contribution in [1.82, 2.24) is 0 Å². The minimum atomic E-state index is -1.37. The molecule has 2 bridgehead atoms. The Kier molecular flexibility index (Phi) is 3.01. The summed E-state index contributed by atoms with van der Waals surface area (Å²) in [4.78, 5) is 35.8. The van der Waals surface area contributed by atoms with Gasteiger partial charge >= 0.3 is 11.9 Å². The molecular weight excluding hydrogens is 252 g/mol. The van der Waals surface area contributed by atoms with Gasteiger partial charge in [-0.1, -0.05) is 0 Å². The highest BCUT2D eigenvalue weighted by atomic mass is 16.6. The van der Waals surface area contributed by atoms with E-state index in [0.717, 1.165) is 0 Å². The van der Waals surface area contributed by atoms with Crippen molar-refractivity contribution >= 4 is 17.7 Å². The van der Waals surface area contributed by atoms with E-state index in [-0.39, 0.29) is 16.9 Å². The maximum Gasteiger partial charge on any atom is 0.337 e. The van der Waals surface area contributed by atoms with Crippen molar-refractivity contribution in [3.8, 4) is 0 Å².